The Balaban J connectivity index is 3.10. The van der Waals surface area contributed by atoms with Crippen LogP contribution in [0, 0.1) is 0 Å². The van der Waals surface area contributed by atoms with E-state index in [9.17, 15) is 9.59 Å². The molecule has 0 unspecified atom stereocenters. The van der Waals surface area contributed by atoms with E-state index in [1.54, 1.807) is 7.05 Å². The summed E-state index contributed by atoms with van der Waals surface area (Å²) < 4.78 is 0. The van der Waals surface area contributed by atoms with Gasteiger partial charge in [0.2, 0.25) is 0 Å². The molecule has 0 fully saturated rings. The van der Waals surface area contributed by atoms with Crippen LogP contribution in [0.1, 0.15) is 33.4 Å². The second-order valence-electron chi connectivity index (χ2n) is 3.42. The number of carbonyl (C=O) groups excluding carboxylic acids is 2. The fourth-order valence-electron chi connectivity index (χ4n) is 1.35. The fourth-order valence-corrected chi connectivity index (χ4v) is 2.35. The number of thiophene rings is 1. The lowest BCUT2D eigenvalue weighted by atomic mass is 10.2. The van der Waals surface area contributed by atoms with Crippen molar-refractivity contribution in [2.75, 3.05) is 24.6 Å². The van der Waals surface area contributed by atoms with Gasteiger partial charge in [0.25, 0.3) is 11.8 Å². The van der Waals surface area contributed by atoms with Crippen LogP contribution in [0.4, 0.5) is 10.7 Å². The summed E-state index contributed by atoms with van der Waals surface area (Å²) >= 11 is 1.12. The number of anilines is 2. The van der Waals surface area contributed by atoms with Crippen molar-refractivity contribution in [2.24, 2.45) is 5.73 Å². The molecule has 0 aliphatic carbocycles. The average Bonchev–Trinajstić information content (AvgIpc) is 2.63. The third kappa shape index (κ3) is 2.68. The first-order chi connectivity index (χ1) is 8.02. The highest BCUT2D eigenvalue weighted by Gasteiger charge is 2.23. The van der Waals surface area contributed by atoms with E-state index in [-0.39, 0.29) is 17.2 Å². The molecule has 1 aromatic heterocycles. The van der Waals surface area contributed by atoms with Crippen molar-refractivity contribution in [3.05, 3.63) is 10.4 Å². The molecule has 6 N–H and O–H groups in total. The van der Waals surface area contributed by atoms with Crippen LogP contribution in [0.3, 0.4) is 0 Å². The summed E-state index contributed by atoms with van der Waals surface area (Å²) in [4.78, 5) is 23.3. The summed E-state index contributed by atoms with van der Waals surface area (Å²) in [6, 6.07) is 0. The number of carbonyl (C=O) groups is 2. The van der Waals surface area contributed by atoms with Gasteiger partial charge in [0.15, 0.2) is 0 Å². The molecule has 1 aromatic rings. The summed E-state index contributed by atoms with van der Waals surface area (Å²) in [6.45, 7) is 2.52. The quantitative estimate of drug-likeness (QED) is 0.618. The molecule has 0 spiro atoms. The zero-order chi connectivity index (χ0) is 13.0. The van der Waals surface area contributed by atoms with Gasteiger partial charge >= 0.3 is 0 Å². The maximum absolute atomic E-state index is 11.8. The van der Waals surface area contributed by atoms with Crippen LogP contribution in [0.15, 0.2) is 0 Å². The van der Waals surface area contributed by atoms with Crippen LogP contribution in [-0.4, -0.2) is 25.4 Å². The fraction of sp³-hybridized carbons (Fsp3) is 0.400. The molecule has 0 saturated carbocycles. The number of rotatable bonds is 5. The first-order valence-electron chi connectivity index (χ1n) is 5.20. The summed E-state index contributed by atoms with van der Waals surface area (Å²) in [5.74, 6) is -0.920. The van der Waals surface area contributed by atoms with Crippen molar-refractivity contribution in [3.8, 4) is 0 Å². The van der Waals surface area contributed by atoms with Gasteiger partial charge in [-0.2, -0.15) is 0 Å². The molecule has 0 aromatic carbocycles. The Kier molecular flexibility index (Phi) is 4.33. The highest BCUT2D eigenvalue weighted by Crippen LogP contribution is 2.34. The molecule has 2 amide bonds. The van der Waals surface area contributed by atoms with Gasteiger partial charge in [0, 0.05) is 13.6 Å². The second-order valence-corrected chi connectivity index (χ2v) is 4.44. The zero-order valence-electron chi connectivity index (χ0n) is 9.79. The van der Waals surface area contributed by atoms with Crippen LogP contribution in [0.2, 0.25) is 0 Å². The summed E-state index contributed by atoms with van der Waals surface area (Å²) in [5.41, 5.74) is 11.3. The van der Waals surface area contributed by atoms with Crippen LogP contribution < -0.4 is 22.1 Å². The van der Waals surface area contributed by atoms with Gasteiger partial charge in [0.1, 0.15) is 9.88 Å². The Bertz CT molecular complexity index is 442. The van der Waals surface area contributed by atoms with Gasteiger partial charge in [-0.25, -0.2) is 0 Å². The van der Waals surface area contributed by atoms with Gasteiger partial charge in [-0.05, 0) is 6.42 Å². The van der Waals surface area contributed by atoms with Crippen LogP contribution in [0.5, 0.6) is 0 Å². The van der Waals surface area contributed by atoms with Crippen molar-refractivity contribution in [3.63, 3.8) is 0 Å². The normalized spacial score (nSPS) is 10.0. The summed E-state index contributed by atoms with van der Waals surface area (Å²) in [7, 11) is 1.64. The molecule has 0 bridgehead atoms. The molecule has 17 heavy (non-hydrogen) atoms. The number of hydrogen-bond acceptors (Lipinski definition) is 5. The lowest BCUT2D eigenvalue weighted by Crippen LogP contribution is -2.24. The van der Waals surface area contributed by atoms with Crippen molar-refractivity contribution in [1.82, 2.24) is 5.32 Å². The lowest BCUT2D eigenvalue weighted by Gasteiger charge is -2.01. The second kappa shape index (κ2) is 5.53. The molecule has 0 aliphatic rings. The minimum atomic E-state index is -0.641. The van der Waals surface area contributed by atoms with E-state index in [0.717, 1.165) is 17.8 Å². The van der Waals surface area contributed by atoms with Gasteiger partial charge in [0.05, 0.1) is 11.3 Å². The monoisotopic (exact) mass is 256 g/mol. The van der Waals surface area contributed by atoms with E-state index < -0.39 is 5.91 Å². The van der Waals surface area contributed by atoms with E-state index >= 15 is 0 Å². The van der Waals surface area contributed by atoms with Crippen molar-refractivity contribution >= 4 is 33.8 Å². The number of nitrogen functional groups attached to an aromatic ring is 1. The molecule has 1 rings (SSSR count). The predicted octanol–water partition coefficient (Wildman–Crippen LogP) is 0.611. The third-order valence-electron chi connectivity index (χ3n) is 2.16. The van der Waals surface area contributed by atoms with Crippen molar-refractivity contribution in [1.29, 1.82) is 0 Å². The summed E-state index contributed by atoms with van der Waals surface area (Å²) in [5, 5.41) is 6.02. The Morgan fingerprint density at radius 1 is 1.41 bits per heavy atom. The molecule has 1 heterocycles. The van der Waals surface area contributed by atoms with E-state index in [1.807, 2.05) is 6.92 Å². The largest absolute Gasteiger partial charge is 0.397 e. The van der Waals surface area contributed by atoms with E-state index in [2.05, 4.69) is 10.6 Å². The first kappa shape index (κ1) is 13.3. The number of nitrogens with one attached hydrogen (secondary N) is 2. The Morgan fingerprint density at radius 2 is 2.06 bits per heavy atom. The smallest absolute Gasteiger partial charge is 0.263 e. The molecular weight excluding hydrogens is 240 g/mol. The highest BCUT2D eigenvalue weighted by molar-refractivity contribution is 7.19. The first-order valence-corrected chi connectivity index (χ1v) is 6.02. The number of nitrogens with two attached hydrogens (primary N) is 2. The van der Waals surface area contributed by atoms with E-state index in [4.69, 9.17) is 11.5 Å². The summed E-state index contributed by atoms with van der Waals surface area (Å²) in [6.07, 6.45) is 0.832. The van der Waals surface area contributed by atoms with Gasteiger partial charge in [-0.1, -0.05) is 6.92 Å². The van der Waals surface area contributed by atoms with Gasteiger partial charge < -0.3 is 22.1 Å². The molecule has 0 saturated heterocycles. The van der Waals surface area contributed by atoms with E-state index in [0.29, 0.717) is 16.4 Å². The number of hydrogen-bond donors (Lipinski definition) is 4. The van der Waals surface area contributed by atoms with Crippen molar-refractivity contribution in [2.45, 2.75) is 13.3 Å². The minimum Gasteiger partial charge on any atom is -0.397 e. The van der Waals surface area contributed by atoms with Gasteiger partial charge in [-0.3, -0.25) is 9.59 Å². The highest BCUT2D eigenvalue weighted by atomic mass is 32.1. The van der Waals surface area contributed by atoms with Crippen LogP contribution in [-0.2, 0) is 0 Å². The van der Waals surface area contributed by atoms with E-state index in [1.165, 1.54) is 0 Å². The average molecular weight is 256 g/mol. The molecule has 0 aliphatic heterocycles. The standard InChI is InChI=1S/C10H16N4O2S/c1-3-4-14-9(16)7-6(11)5(8(12)15)10(13-2)17-7/h13H,3-4,11H2,1-2H3,(H2,12,15)(H,14,16). The molecule has 0 radical (unpaired) electrons. The van der Waals surface area contributed by atoms with Crippen LogP contribution in [0.25, 0.3) is 0 Å². The molecule has 0 atom stereocenters. The number of amides is 2. The molecular formula is C10H16N4O2S. The van der Waals surface area contributed by atoms with Gasteiger partial charge in [-0.15, -0.1) is 11.3 Å². The van der Waals surface area contributed by atoms with Crippen LogP contribution >= 0.6 is 11.3 Å². The SMILES string of the molecule is CCCNC(=O)c1sc(NC)c(C(N)=O)c1N. The number of primary amides is 1. The van der Waals surface area contributed by atoms with Crippen molar-refractivity contribution < 1.29 is 9.59 Å². The molecule has 6 nitrogen and oxygen atoms in total. The Labute approximate surface area is 103 Å². The maximum Gasteiger partial charge on any atom is 0.263 e. The molecule has 94 valence electrons. The predicted molar refractivity (Wildman–Crippen MR) is 69.4 cm³/mol. The lowest BCUT2D eigenvalue weighted by molar-refractivity contribution is 0.0958. The maximum atomic E-state index is 11.8. The third-order valence-corrected chi connectivity index (χ3v) is 3.38. The minimum absolute atomic E-state index is 0.139. The Hall–Kier alpha value is -1.76. The zero-order valence-corrected chi connectivity index (χ0v) is 10.6. The molecule has 7 heteroatoms. The topological polar surface area (TPSA) is 110 Å². The Morgan fingerprint density at radius 3 is 2.47 bits per heavy atom.